The van der Waals surface area contributed by atoms with Crippen molar-refractivity contribution in [3.63, 3.8) is 0 Å². The monoisotopic (exact) mass is 413 g/mol. The molecule has 1 aromatic heterocycles. The summed E-state index contributed by atoms with van der Waals surface area (Å²) < 4.78 is 6.88. The molecule has 6 heterocycles. The molecule has 5 aliphatic rings. The third-order valence-corrected chi connectivity index (χ3v) is 7.66. The van der Waals surface area contributed by atoms with Crippen molar-refractivity contribution in [1.29, 1.82) is 0 Å². The minimum Gasteiger partial charge on any atom is -0.364 e. The van der Waals surface area contributed by atoms with E-state index in [4.69, 9.17) is 4.74 Å². The first kappa shape index (κ1) is 19.0. The number of ether oxygens (including phenoxy) is 1. The van der Waals surface area contributed by atoms with E-state index in [0.29, 0.717) is 17.5 Å². The van der Waals surface area contributed by atoms with E-state index in [2.05, 4.69) is 28.2 Å². The first-order chi connectivity index (χ1) is 15.2. The van der Waals surface area contributed by atoms with Gasteiger partial charge in [-0.3, -0.25) is 14.7 Å². The van der Waals surface area contributed by atoms with E-state index in [9.17, 15) is 4.79 Å². The molecule has 0 saturated carbocycles. The zero-order chi connectivity index (χ0) is 21.0. The van der Waals surface area contributed by atoms with Crippen LogP contribution in [0.25, 0.3) is 10.9 Å². The van der Waals surface area contributed by atoms with E-state index < -0.39 is 0 Å². The average Bonchev–Trinajstić information content (AvgIpc) is 2.83. The van der Waals surface area contributed by atoms with Crippen LogP contribution >= 0.6 is 0 Å². The summed E-state index contributed by atoms with van der Waals surface area (Å²) in [6.07, 6.45) is 5.40. The van der Waals surface area contributed by atoms with Crippen molar-refractivity contribution >= 4 is 22.5 Å². The predicted molar refractivity (Wildman–Crippen MR) is 121 cm³/mol. The third kappa shape index (κ3) is 2.99. The quantitative estimate of drug-likeness (QED) is 0.667. The standard InChI is InChI=1S/C26H27N3O2/c1-2-26-16-29-13-11-18(26)15-23(29)24(31-26)20-10-12-27-22-9-8-17(14-21(20)22)25(30)28-19-6-4-3-5-7-19/h3-10,12,14,18,23-24H,2,11,13,15-16H2,1H3,(H,28,30)/t18-,23+,24-,26+/m0/s1. The van der Waals surface area contributed by atoms with Crippen molar-refractivity contribution in [3.8, 4) is 0 Å². The summed E-state index contributed by atoms with van der Waals surface area (Å²) in [5.41, 5.74) is 3.46. The predicted octanol–water partition coefficient (Wildman–Crippen LogP) is 4.80. The minimum atomic E-state index is -0.109. The van der Waals surface area contributed by atoms with Crippen LogP contribution in [0, 0.1) is 5.92 Å². The normalized spacial score (nSPS) is 31.1. The molecule has 5 nitrogen and oxygen atoms in total. The van der Waals surface area contributed by atoms with E-state index in [1.807, 2.05) is 54.7 Å². The highest BCUT2D eigenvalue weighted by Crippen LogP contribution is 2.54. The van der Waals surface area contributed by atoms with Crippen LogP contribution in [-0.4, -0.2) is 40.5 Å². The van der Waals surface area contributed by atoms with Gasteiger partial charge in [0.15, 0.2) is 0 Å². The van der Waals surface area contributed by atoms with Gasteiger partial charge >= 0.3 is 0 Å². The number of aromatic nitrogens is 1. The van der Waals surface area contributed by atoms with Crippen molar-refractivity contribution in [1.82, 2.24) is 9.88 Å². The number of carbonyl (C=O) groups excluding carboxylic acids is 1. The molecule has 5 heteroatoms. The molecule has 8 rings (SSSR count). The number of pyridine rings is 1. The van der Waals surface area contributed by atoms with Crippen LogP contribution in [0.3, 0.4) is 0 Å². The summed E-state index contributed by atoms with van der Waals surface area (Å²) in [6.45, 7) is 4.49. The number of piperidine rings is 3. The fourth-order valence-electron chi connectivity index (χ4n) is 6.01. The number of morpholine rings is 1. The number of rotatable bonds is 4. The number of hydrogen-bond donors (Lipinski definition) is 1. The van der Waals surface area contributed by atoms with Gasteiger partial charge in [-0.1, -0.05) is 25.1 Å². The van der Waals surface area contributed by atoms with Gasteiger partial charge < -0.3 is 10.1 Å². The van der Waals surface area contributed by atoms with Crippen LogP contribution in [0.1, 0.15) is 48.2 Å². The fraction of sp³-hybridized carbons (Fsp3) is 0.385. The Bertz CT molecular complexity index is 1150. The van der Waals surface area contributed by atoms with E-state index in [1.54, 1.807) is 0 Å². The van der Waals surface area contributed by atoms with E-state index in [1.165, 1.54) is 19.4 Å². The zero-order valence-electron chi connectivity index (χ0n) is 17.8. The number of carbonyl (C=O) groups is 1. The highest BCUT2D eigenvalue weighted by atomic mass is 16.5. The Kier molecular flexibility index (Phi) is 4.37. The molecule has 0 aliphatic carbocycles. The molecule has 31 heavy (non-hydrogen) atoms. The first-order valence-corrected chi connectivity index (χ1v) is 11.3. The first-order valence-electron chi connectivity index (χ1n) is 11.3. The minimum absolute atomic E-state index is 0.0307. The van der Waals surface area contributed by atoms with Crippen molar-refractivity contribution < 1.29 is 9.53 Å². The molecule has 1 amide bonds. The molecule has 2 aromatic carbocycles. The van der Waals surface area contributed by atoms with Gasteiger partial charge in [-0.05, 0) is 73.7 Å². The summed E-state index contributed by atoms with van der Waals surface area (Å²) in [5, 5.41) is 4.00. The Hall–Kier alpha value is -2.76. The fourth-order valence-corrected chi connectivity index (χ4v) is 6.01. The summed E-state index contributed by atoms with van der Waals surface area (Å²) >= 11 is 0. The van der Waals surface area contributed by atoms with Gasteiger partial charge in [0.1, 0.15) is 0 Å². The molecular weight excluding hydrogens is 386 g/mol. The summed E-state index contributed by atoms with van der Waals surface area (Å²) in [5.74, 6) is 0.561. The maximum Gasteiger partial charge on any atom is 0.255 e. The van der Waals surface area contributed by atoms with Crippen LogP contribution < -0.4 is 5.32 Å². The molecule has 5 saturated heterocycles. The number of amides is 1. The molecule has 4 bridgehead atoms. The lowest BCUT2D eigenvalue weighted by atomic mass is 9.66. The van der Waals surface area contributed by atoms with Gasteiger partial charge in [-0.25, -0.2) is 0 Å². The van der Waals surface area contributed by atoms with Crippen LogP contribution in [-0.2, 0) is 4.74 Å². The SMILES string of the molecule is CC[C@@]12CN3CC[C@H]1C[C@@H]3[C@H](c1ccnc3ccc(C(=O)Nc4ccccc4)cc13)O2. The molecule has 3 aromatic rings. The van der Waals surface area contributed by atoms with E-state index >= 15 is 0 Å². The van der Waals surface area contributed by atoms with Gasteiger partial charge in [-0.2, -0.15) is 0 Å². The number of hydrogen-bond acceptors (Lipinski definition) is 4. The maximum absolute atomic E-state index is 12.9. The molecule has 158 valence electrons. The van der Waals surface area contributed by atoms with Gasteiger partial charge in [0.05, 0.1) is 17.2 Å². The smallest absolute Gasteiger partial charge is 0.255 e. The van der Waals surface area contributed by atoms with Crippen LogP contribution in [0.2, 0.25) is 0 Å². The van der Waals surface area contributed by atoms with Gasteiger partial charge in [0.2, 0.25) is 0 Å². The zero-order valence-corrected chi connectivity index (χ0v) is 17.8. The molecule has 5 atom stereocenters. The molecule has 1 unspecified atom stereocenters. The molecule has 0 spiro atoms. The number of anilines is 1. The maximum atomic E-state index is 12.9. The second-order valence-corrected chi connectivity index (χ2v) is 9.17. The highest BCUT2D eigenvalue weighted by Gasteiger charge is 2.58. The summed E-state index contributed by atoms with van der Waals surface area (Å²) in [6, 6.07) is 17.8. The number of nitrogens with one attached hydrogen (secondary N) is 1. The molecule has 0 radical (unpaired) electrons. The Morgan fingerprint density at radius 2 is 2.10 bits per heavy atom. The Morgan fingerprint density at radius 3 is 2.87 bits per heavy atom. The number of para-hydroxylation sites is 1. The Labute approximate surface area is 182 Å². The van der Waals surface area contributed by atoms with E-state index in [-0.39, 0.29) is 17.6 Å². The van der Waals surface area contributed by atoms with Gasteiger partial charge in [0, 0.05) is 35.4 Å². The second kappa shape index (κ2) is 7.14. The van der Waals surface area contributed by atoms with Gasteiger partial charge in [0.25, 0.3) is 5.91 Å². The van der Waals surface area contributed by atoms with Crippen molar-refractivity contribution in [3.05, 3.63) is 71.9 Å². The lowest BCUT2D eigenvalue weighted by molar-refractivity contribution is -0.274. The summed E-state index contributed by atoms with van der Waals surface area (Å²) in [7, 11) is 0. The molecule has 5 aliphatic heterocycles. The molecular formula is C26H27N3O2. The largest absolute Gasteiger partial charge is 0.364 e. The van der Waals surface area contributed by atoms with Crippen LogP contribution in [0.15, 0.2) is 60.8 Å². The third-order valence-electron chi connectivity index (χ3n) is 7.66. The average molecular weight is 414 g/mol. The van der Waals surface area contributed by atoms with Crippen molar-refractivity contribution in [2.24, 2.45) is 5.92 Å². The Balaban J connectivity index is 1.38. The topological polar surface area (TPSA) is 54.5 Å². The second-order valence-electron chi connectivity index (χ2n) is 9.17. The lowest BCUT2D eigenvalue weighted by Gasteiger charge is -2.64. The van der Waals surface area contributed by atoms with E-state index in [0.717, 1.165) is 35.1 Å². The van der Waals surface area contributed by atoms with Crippen molar-refractivity contribution in [2.45, 2.75) is 43.9 Å². The highest BCUT2D eigenvalue weighted by molar-refractivity contribution is 6.06. The number of benzene rings is 2. The van der Waals surface area contributed by atoms with Crippen LogP contribution in [0.5, 0.6) is 0 Å². The van der Waals surface area contributed by atoms with Gasteiger partial charge in [-0.15, -0.1) is 0 Å². The van der Waals surface area contributed by atoms with Crippen molar-refractivity contribution in [2.75, 3.05) is 18.4 Å². The molecule has 1 N–H and O–H groups in total. The van der Waals surface area contributed by atoms with Crippen LogP contribution in [0.4, 0.5) is 5.69 Å². The number of fused-ring (bicyclic) bond motifs is 3. The lowest BCUT2D eigenvalue weighted by Crippen LogP contribution is -2.70. The number of nitrogens with zero attached hydrogens (tertiary/aromatic N) is 2. The molecule has 5 fully saturated rings. The Morgan fingerprint density at radius 1 is 1.23 bits per heavy atom. The summed E-state index contributed by atoms with van der Waals surface area (Å²) in [4.78, 5) is 20.1.